The molecule has 0 radical (unpaired) electrons. The fourth-order valence-electron chi connectivity index (χ4n) is 3.05. The first-order valence-corrected chi connectivity index (χ1v) is 10.2. The van der Waals surface area contributed by atoms with Crippen molar-refractivity contribution in [2.45, 2.75) is 57.9 Å². The minimum Gasteiger partial charge on any atom is -0.384 e. The van der Waals surface area contributed by atoms with Gasteiger partial charge in [-0.2, -0.15) is 0 Å². The second kappa shape index (κ2) is 7.40. The zero-order chi connectivity index (χ0) is 16.2. The van der Waals surface area contributed by atoms with Gasteiger partial charge in [0.25, 0.3) is 0 Å². The summed E-state index contributed by atoms with van der Waals surface area (Å²) in [6, 6.07) is 10.4. The molecule has 0 N–H and O–H groups in total. The van der Waals surface area contributed by atoms with E-state index < -0.39 is 8.56 Å². The van der Waals surface area contributed by atoms with Crippen molar-refractivity contribution in [3.05, 3.63) is 60.2 Å². The van der Waals surface area contributed by atoms with Crippen LogP contribution in [0.2, 0.25) is 11.1 Å². The predicted octanol–water partition coefficient (Wildman–Crippen LogP) is 5.54. The Morgan fingerprint density at radius 3 is 2.14 bits per heavy atom. The minimum absolute atomic E-state index is 0.00942. The third-order valence-electron chi connectivity index (χ3n) is 4.23. The lowest BCUT2D eigenvalue weighted by Gasteiger charge is -2.39. The second-order valence-corrected chi connectivity index (χ2v) is 10.7. The molecule has 1 aromatic carbocycles. The van der Waals surface area contributed by atoms with Gasteiger partial charge in [0.1, 0.15) is 0 Å². The first-order valence-electron chi connectivity index (χ1n) is 8.21. The van der Waals surface area contributed by atoms with Crippen LogP contribution in [0, 0.1) is 0 Å². The first-order chi connectivity index (χ1) is 10.5. The molecule has 0 aromatic heterocycles. The molecule has 0 spiro atoms. The van der Waals surface area contributed by atoms with Crippen molar-refractivity contribution >= 4 is 8.56 Å². The Labute approximate surface area is 136 Å². The van der Waals surface area contributed by atoms with Crippen LogP contribution in [-0.2, 0) is 8.85 Å². The van der Waals surface area contributed by atoms with Crippen molar-refractivity contribution in [1.29, 1.82) is 0 Å². The topological polar surface area (TPSA) is 18.5 Å². The third kappa shape index (κ3) is 3.59. The molecule has 1 aliphatic heterocycles. The highest BCUT2D eigenvalue weighted by Gasteiger charge is 2.48. The van der Waals surface area contributed by atoms with Crippen LogP contribution in [0.1, 0.15) is 46.3 Å². The van der Waals surface area contributed by atoms with Gasteiger partial charge in [0, 0.05) is 0 Å². The molecular weight excluding hydrogens is 288 g/mol. The van der Waals surface area contributed by atoms with Crippen LogP contribution < -0.4 is 0 Å². The molecular formula is C19H28O2Si. The maximum absolute atomic E-state index is 6.68. The van der Waals surface area contributed by atoms with E-state index in [0.29, 0.717) is 11.1 Å². The molecule has 1 aromatic rings. The van der Waals surface area contributed by atoms with E-state index >= 15 is 0 Å². The summed E-state index contributed by atoms with van der Waals surface area (Å²) >= 11 is 0. The Bertz CT molecular complexity index is 511. The molecule has 2 rings (SSSR count). The molecule has 3 heteroatoms. The molecule has 1 heterocycles. The van der Waals surface area contributed by atoms with Crippen molar-refractivity contribution in [1.82, 2.24) is 0 Å². The number of benzene rings is 1. The molecule has 0 saturated carbocycles. The van der Waals surface area contributed by atoms with Gasteiger partial charge in [0.2, 0.25) is 0 Å². The molecule has 0 aliphatic carbocycles. The fraction of sp³-hybridized carbons (Fsp3) is 0.474. The molecule has 0 saturated heterocycles. The lowest BCUT2D eigenvalue weighted by Crippen LogP contribution is -2.49. The molecule has 0 bridgehead atoms. The second-order valence-electron chi connectivity index (χ2n) is 6.47. The number of rotatable bonds is 4. The van der Waals surface area contributed by atoms with Crippen LogP contribution >= 0.6 is 0 Å². The van der Waals surface area contributed by atoms with Gasteiger partial charge in [-0.3, -0.25) is 0 Å². The van der Waals surface area contributed by atoms with Gasteiger partial charge in [-0.05, 0) is 23.6 Å². The van der Waals surface area contributed by atoms with Gasteiger partial charge in [-0.25, -0.2) is 0 Å². The Morgan fingerprint density at radius 1 is 0.955 bits per heavy atom. The van der Waals surface area contributed by atoms with Gasteiger partial charge in [-0.15, -0.1) is 0 Å². The molecule has 22 heavy (non-hydrogen) atoms. The van der Waals surface area contributed by atoms with E-state index in [4.69, 9.17) is 8.85 Å². The van der Waals surface area contributed by atoms with Crippen LogP contribution in [0.5, 0.6) is 0 Å². The maximum atomic E-state index is 6.68. The standard InChI is InChI=1S/C19H28O2Si/c1-6-10-18-13-14-19(17-11-8-7-9-12-17)21-22(20-18,15(2)3)16(4)5/h6-16,18-19H,1-5H3/b10-6+/t18-,19-/m1/s1. The van der Waals surface area contributed by atoms with E-state index in [1.807, 2.05) is 13.0 Å². The van der Waals surface area contributed by atoms with Crippen molar-refractivity contribution in [3.8, 4) is 0 Å². The summed E-state index contributed by atoms with van der Waals surface area (Å²) in [5.41, 5.74) is 1.99. The van der Waals surface area contributed by atoms with Crippen LogP contribution in [0.25, 0.3) is 0 Å². The molecule has 0 fully saturated rings. The molecule has 0 unspecified atom stereocenters. The summed E-state index contributed by atoms with van der Waals surface area (Å²) < 4.78 is 13.2. The van der Waals surface area contributed by atoms with Crippen LogP contribution in [0.4, 0.5) is 0 Å². The van der Waals surface area contributed by atoms with Gasteiger partial charge >= 0.3 is 8.56 Å². The Kier molecular flexibility index (Phi) is 5.79. The quantitative estimate of drug-likeness (QED) is 0.536. The summed E-state index contributed by atoms with van der Waals surface area (Å²) in [5.74, 6) is 0. The summed E-state index contributed by atoms with van der Waals surface area (Å²) in [4.78, 5) is 0. The number of hydrogen-bond donors (Lipinski definition) is 0. The van der Waals surface area contributed by atoms with E-state index in [1.165, 1.54) is 5.56 Å². The monoisotopic (exact) mass is 316 g/mol. The predicted molar refractivity (Wildman–Crippen MR) is 95.0 cm³/mol. The van der Waals surface area contributed by atoms with E-state index in [2.05, 4.69) is 76.3 Å². The molecule has 1 aliphatic rings. The van der Waals surface area contributed by atoms with Crippen molar-refractivity contribution in [3.63, 3.8) is 0 Å². The minimum atomic E-state index is -2.35. The maximum Gasteiger partial charge on any atom is 0.344 e. The lowest BCUT2D eigenvalue weighted by atomic mass is 10.1. The van der Waals surface area contributed by atoms with E-state index in [1.54, 1.807) is 0 Å². The highest BCUT2D eigenvalue weighted by molar-refractivity contribution is 6.70. The summed E-state index contributed by atoms with van der Waals surface area (Å²) in [5, 5.41) is 0. The Hall–Kier alpha value is -1.16. The SMILES string of the molecule is C/C=C/[C@@H]1C=C[C@H](c2ccccc2)O[Si](C(C)C)(C(C)C)O1. The summed E-state index contributed by atoms with van der Waals surface area (Å²) in [6.45, 7) is 10.9. The van der Waals surface area contributed by atoms with Crippen LogP contribution in [0.15, 0.2) is 54.6 Å². The van der Waals surface area contributed by atoms with Gasteiger partial charge in [0.15, 0.2) is 0 Å². The first kappa shape index (κ1) is 17.2. The van der Waals surface area contributed by atoms with Crippen molar-refractivity contribution in [2.24, 2.45) is 0 Å². The summed E-state index contributed by atoms with van der Waals surface area (Å²) in [6.07, 6.45) is 8.44. The molecule has 0 amide bonds. The number of hydrogen-bond acceptors (Lipinski definition) is 2. The zero-order valence-corrected chi connectivity index (χ0v) is 15.3. The molecule has 2 atom stereocenters. The van der Waals surface area contributed by atoms with Crippen LogP contribution in [0.3, 0.4) is 0 Å². The van der Waals surface area contributed by atoms with Crippen molar-refractivity contribution in [2.75, 3.05) is 0 Å². The molecule has 2 nitrogen and oxygen atoms in total. The highest BCUT2D eigenvalue weighted by atomic mass is 28.4. The van der Waals surface area contributed by atoms with E-state index in [9.17, 15) is 0 Å². The van der Waals surface area contributed by atoms with E-state index in [-0.39, 0.29) is 12.2 Å². The van der Waals surface area contributed by atoms with Gasteiger partial charge < -0.3 is 8.85 Å². The molecule has 120 valence electrons. The fourth-order valence-corrected chi connectivity index (χ4v) is 6.73. The third-order valence-corrected chi connectivity index (χ3v) is 8.71. The average Bonchev–Trinajstić information content (AvgIpc) is 2.69. The van der Waals surface area contributed by atoms with E-state index in [0.717, 1.165) is 0 Å². The number of allylic oxidation sites excluding steroid dienone is 1. The van der Waals surface area contributed by atoms with Gasteiger partial charge in [-0.1, -0.05) is 82.3 Å². The zero-order valence-electron chi connectivity index (χ0n) is 14.3. The average molecular weight is 317 g/mol. The Morgan fingerprint density at radius 2 is 1.59 bits per heavy atom. The van der Waals surface area contributed by atoms with Gasteiger partial charge in [0.05, 0.1) is 12.2 Å². The normalized spacial score (nSPS) is 25.0. The van der Waals surface area contributed by atoms with Crippen molar-refractivity contribution < 1.29 is 8.85 Å². The lowest BCUT2D eigenvalue weighted by molar-refractivity contribution is 0.126. The Balaban J connectivity index is 2.42. The summed E-state index contributed by atoms with van der Waals surface area (Å²) in [7, 11) is -2.35. The van der Waals surface area contributed by atoms with Crippen LogP contribution in [-0.4, -0.2) is 14.7 Å². The smallest absolute Gasteiger partial charge is 0.344 e. The largest absolute Gasteiger partial charge is 0.384 e. The highest BCUT2D eigenvalue weighted by Crippen LogP contribution is 2.41.